The van der Waals surface area contributed by atoms with E-state index in [9.17, 15) is 9.59 Å². The summed E-state index contributed by atoms with van der Waals surface area (Å²) in [5, 5.41) is 6.40. The summed E-state index contributed by atoms with van der Waals surface area (Å²) in [6.07, 6.45) is 4.03. The largest absolute Gasteiger partial charge is 0.376 e. The molecule has 7 nitrogen and oxygen atoms in total. The lowest BCUT2D eigenvalue weighted by Crippen LogP contribution is -2.41. The van der Waals surface area contributed by atoms with Gasteiger partial charge in [0.1, 0.15) is 0 Å². The first-order chi connectivity index (χ1) is 11.4. The molecule has 0 radical (unpaired) electrons. The standard InChI is InChI=1S/C17H26N4O3/c1-11(2)19-16(22)17(23)20-18-9-14-8-12(3)21(13(14)4)10-15-6-5-7-24-15/h8-9,11,15H,5-7,10H2,1-4H3,(H,19,22)(H,20,23)/b18-9-/t15-/m0/s1. The maximum atomic E-state index is 11.6. The fourth-order valence-corrected chi connectivity index (χ4v) is 2.77. The van der Waals surface area contributed by atoms with E-state index in [0.717, 1.165) is 42.9 Å². The summed E-state index contributed by atoms with van der Waals surface area (Å²) in [6, 6.07) is 1.91. The van der Waals surface area contributed by atoms with Crippen LogP contribution in [0.3, 0.4) is 0 Å². The SMILES string of the molecule is Cc1cc(/C=N\NC(=O)C(=O)NC(C)C)c(C)n1C[C@@H]1CCCO1. The monoisotopic (exact) mass is 334 g/mol. The fourth-order valence-electron chi connectivity index (χ4n) is 2.77. The number of carbonyl (C=O) groups excluding carboxylic acids is 2. The minimum atomic E-state index is -0.770. The molecule has 0 unspecified atom stereocenters. The van der Waals surface area contributed by atoms with Crippen molar-refractivity contribution in [1.29, 1.82) is 0 Å². The van der Waals surface area contributed by atoms with E-state index < -0.39 is 11.8 Å². The van der Waals surface area contributed by atoms with Crippen LogP contribution in [0.4, 0.5) is 0 Å². The lowest BCUT2D eigenvalue weighted by atomic mass is 10.2. The van der Waals surface area contributed by atoms with Crippen molar-refractivity contribution >= 4 is 18.0 Å². The van der Waals surface area contributed by atoms with Crippen LogP contribution in [0.15, 0.2) is 11.2 Å². The molecule has 2 N–H and O–H groups in total. The fraction of sp³-hybridized carbons (Fsp3) is 0.588. The van der Waals surface area contributed by atoms with Gasteiger partial charge in [0.05, 0.1) is 12.3 Å². The van der Waals surface area contributed by atoms with Gasteiger partial charge in [0.2, 0.25) is 0 Å². The Morgan fingerprint density at radius 1 is 1.42 bits per heavy atom. The first kappa shape index (κ1) is 18.2. The number of hydrogen-bond acceptors (Lipinski definition) is 4. The lowest BCUT2D eigenvalue weighted by Gasteiger charge is -2.14. The summed E-state index contributed by atoms with van der Waals surface area (Å²) < 4.78 is 7.89. The molecular weight excluding hydrogens is 308 g/mol. The summed E-state index contributed by atoms with van der Waals surface area (Å²) >= 11 is 0. The molecule has 132 valence electrons. The summed E-state index contributed by atoms with van der Waals surface area (Å²) in [5.74, 6) is -1.46. The molecular formula is C17H26N4O3. The third-order valence-electron chi connectivity index (χ3n) is 4.02. The van der Waals surface area contributed by atoms with Gasteiger partial charge in [-0.3, -0.25) is 9.59 Å². The predicted octanol–water partition coefficient (Wildman–Crippen LogP) is 1.26. The topological polar surface area (TPSA) is 84.7 Å². The second-order valence-electron chi connectivity index (χ2n) is 6.40. The van der Waals surface area contributed by atoms with Crippen molar-refractivity contribution in [1.82, 2.24) is 15.3 Å². The molecule has 1 atom stereocenters. The Balaban J connectivity index is 1.97. The van der Waals surface area contributed by atoms with Crippen molar-refractivity contribution in [2.45, 2.75) is 59.2 Å². The Labute approximate surface area is 142 Å². The van der Waals surface area contributed by atoms with E-state index in [1.54, 1.807) is 20.1 Å². The van der Waals surface area contributed by atoms with Gasteiger partial charge in [0, 0.05) is 36.1 Å². The van der Waals surface area contributed by atoms with Crippen molar-refractivity contribution in [3.05, 3.63) is 23.0 Å². The van der Waals surface area contributed by atoms with E-state index in [2.05, 4.69) is 20.4 Å². The molecule has 1 aromatic heterocycles. The van der Waals surface area contributed by atoms with Crippen LogP contribution in [0.2, 0.25) is 0 Å². The number of aromatic nitrogens is 1. The number of aryl methyl sites for hydroxylation is 1. The van der Waals surface area contributed by atoms with Crippen LogP contribution < -0.4 is 10.7 Å². The average molecular weight is 334 g/mol. The second-order valence-corrected chi connectivity index (χ2v) is 6.40. The van der Waals surface area contributed by atoms with Gasteiger partial charge in [-0.2, -0.15) is 5.10 Å². The summed E-state index contributed by atoms with van der Waals surface area (Å²) in [6.45, 7) is 9.29. The molecule has 0 bridgehead atoms. The first-order valence-corrected chi connectivity index (χ1v) is 8.30. The highest BCUT2D eigenvalue weighted by molar-refractivity contribution is 6.35. The molecule has 1 aliphatic rings. The Kier molecular flexibility index (Phi) is 6.14. The molecule has 0 aromatic carbocycles. The van der Waals surface area contributed by atoms with Gasteiger partial charge in [-0.15, -0.1) is 0 Å². The van der Waals surface area contributed by atoms with Crippen molar-refractivity contribution in [2.75, 3.05) is 6.61 Å². The number of hydrogen-bond donors (Lipinski definition) is 2. The zero-order valence-electron chi connectivity index (χ0n) is 14.8. The van der Waals surface area contributed by atoms with Crippen LogP contribution in [0.25, 0.3) is 0 Å². The van der Waals surface area contributed by atoms with Crippen LogP contribution in [0.5, 0.6) is 0 Å². The molecule has 0 saturated carbocycles. The van der Waals surface area contributed by atoms with Gasteiger partial charge in [-0.1, -0.05) is 0 Å². The Hall–Kier alpha value is -2.15. The number of ether oxygens (including phenoxy) is 1. The normalized spacial score (nSPS) is 17.6. The minimum Gasteiger partial charge on any atom is -0.376 e. The molecule has 2 amide bonds. The Morgan fingerprint density at radius 3 is 2.79 bits per heavy atom. The number of amides is 2. The van der Waals surface area contributed by atoms with Crippen molar-refractivity contribution < 1.29 is 14.3 Å². The van der Waals surface area contributed by atoms with Crippen LogP contribution in [0, 0.1) is 13.8 Å². The predicted molar refractivity (Wildman–Crippen MR) is 91.9 cm³/mol. The molecule has 1 saturated heterocycles. The van der Waals surface area contributed by atoms with Gasteiger partial charge in [0.25, 0.3) is 0 Å². The Bertz CT molecular complexity index is 628. The van der Waals surface area contributed by atoms with Gasteiger partial charge in [-0.25, -0.2) is 5.43 Å². The molecule has 24 heavy (non-hydrogen) atoms. The molecule has 0 spiro atoms. The maximum Gasteiger partial charge on any atom is 0.329 e. The quantitative estimate of drug-likeness (QED) is 0.483. The van der Waals surface area contributed by atoms with Gasteiger partial charge >= 0.3 is 11.8 Å². The summed E-state index contributed by atoms with van der Waals surface area (Å²) in [5.41, 5.74) is 5.34. The van der Waals surface area contributed by atoms with Crippen LogP contribution in [-0.2, 0) is 20.9 Å². The van der Waals surface area contributed by atoms with Gasteiger partial charge < -0.3 is 14.6 Å². The number of rotatable bonds is 5. The molecule has 7 heteroatoms. The zero-order valence-corrected chi connectivity index (χ0v) is 14.8. The van der Waals surface area contributed by atoms with E-state index in [1.165, 1.54) is 0 Å². The zero-order chi connectivity index (χ0) is 17.7. The smallest absolute Gasteiger partial charge is 0.329 e. The minimum absolute atomic E-state index is 0.0936. The number of carbonyl (C=O) groups is 2. The third kappa shape index (κ3) is 4.67. The highest BCUT2D eigenvalue weighted by Crippen LogP contribution is 2.19. The maximum absolute atomic E-state index is 11.6. The van der Waals surface area contributed by atoms with E-state index in [-0.39, 0.29) is 12.1 Å². The van der Waals surface area contributed by atoms with Gasteiger partial charge in [-0.05, 0) is 46.6 Å². The lowest BCUT2D eigenvalue weighted by molar-refractivity contribution is -0.139. The molecule has 2 rings (SSSR count). The van der Waals surface area contributed by atoms with Crippen molar-refractivity contribution in [2.24, 2.45) is 5.10 Å². The highest BCUT2D eigenvalue weighted by Gasteiger charge is 2.18. The summed E-state index contributed by atoms with van der Waals surface area (Å²) in [7, 11) is 0. The van der Waals surface area contributed by atoms with Crippen molar-refractivity contribution in [3.63, 3.8) is 0 Å². The van der Waals surface area contributed by atoms with Crippen LogP contribution >= 0.6 is 0 Å². The van der Waals surface area contributed by atoms with E-state index in [4.69, 9.17) is 4.74 Å². The average Bonchev–Trinajstić information content (AvgIpc) is 3.11. The molecule has 1 aromatic rings. The van der Waals surface area contributed by atoms with Crippen LogP contribution in [0.1, 0.15) is 43.6 Å². The van der Waals surface area contributed by atoms with E-state index >= 15 is 0 Å². The van der Waals surface area contributed by atoms with Crippen molar-refractivity contribution in [3.8, 4) is 0 Å². The van der Waals surface area contributed by atoms with Crippen LogP contribution in [-0.4, -0.2) is 41.3 Å². The second kappa shape index (κ2) is 8.10. The summed E-state index contributed by atoms with van der Waals surface area (Å²) in [4.78, 5) is 23.1. The number of nitrogens with zero attached hydrogens (tertiary/aromatic N) is 2. The molecule has 1 aliphatic heterocycles. The molecule has 1 fully saturated rings. The number of nitrogens with one attached hydrogen (secondary N) is 2. The van der Waals surface area contributed by atoms with E-state index in [0.29, 0.717) is 0 Å². The number of hydrazone groups is 1. The van der Waals surface area contributed by atoms with E-state index in [1.807, 2.05) is 19.9 Å². The molecule has 2 heterocycles. The first-order valence-electron chi connectivity index (χ1n) is 8.30. The van der Waals surface area contributed by atoms with Gasteiger partial charge in [0.15, 0.2) is 0 Å². The Morgan fingerprint density at radius 2 is 2.17 bits per heavy atom. The molecule has 0 aliphatic carbocycles. The third-order valence-corrected chi connectivity index (χ3v) is 4.02. The highest BCUT2D eigenvalue weighted by atomic mass is 16.5.